The predicted molar refractivity (Wildman–Crippen MR) is 65.2 cm³/mol. The van der Waals surface area contributed by atoms with Crippen molar-refractivity contribution in [2.75, 3.05) is 13.1 Å². The quantitative estimate of drug-likeness (QED) is 0.766. The van der Waals surface area contributed by atoms with Crippen molar-refractivity contribution in [2.24, 2.45) is 11.8 Å². The normalized spacial score (nSPS) is 31.6. The van der Waals surface area contributed by atoms with E-state index in [1.54, 1.807) is 0 Å². The largest absolute Gasteiger partial charge is 0.354 e. The molecular formula is C13H24N2O. The summed E-state index contributed by atoms with van der Waals surface area (Å²) in [5.41, 5.74) is 0. The number of piperidine rings is 1. The number of rotatable bonds is 3. The van der Waals surface area contributed by atoms with Crippen molar-refractivity contribution in [1.29, 1.82) is 0 Å². The summed E-state index contributed by atoms with van der Waals surface area (Å²) in [6.07, 6.45) is 7.22. The topological polar surface area (TPSA) is 41.1 Å². The number of carbonyl (C=O) groups excluding carboxylic acids is 1. The number of carbonyl (C=O) groups is 1. The highest BCUT2D eigenvalue weighted by Gasteiger charge is 2.25. The lowest BCUT2D eigenvalue weighted by Gasteiger charge is -2.30. The van der Waals surface area contributed by atoms with Gasteiger partial charge in [0.25, 0.3) is 0 Å². The van der Waals surface area contributed by atoms with Gasteiger partial charge < -0.3 is 10.6 Å². The molecule has 0 bridgehead atoms. The monoisotopic (exact) mass is 224 g/mol. The van der Waals surface area contributed by atoms with Gasteiger partial charge in [-0.25, -0.2) is 0 Å². The summed E-state index contributed by atoms with van der Waals surface area (Å²) in [6.45, 7) is 4.20. The van der Waals surface area contributed by atoms with E-state index in [2.05, 4.69) is 17.6 Å². The Hall–Kier alpha value is -0.570. The summed E-state index contributed by atoms with van der Waals surface area (Å²) >= 11 is 0. The van der Waals surface area contributed by atoms with E-state index >= 15 is 0 Å². The van der Waals surface area contributed by atoms with E-state index in [1.165, 1.54) is 25.7 Å². The summed E-state index contributed by atoms with van der Waals surface area (Å²) < 4.78 is 0. The molecular weight excluding hydrogens is 200 g/mol. The van der Waals surface area contributed by atoms with Gasteiger partial charge in [0.15, 0.2) is 0 Å². The molecule has 0 radical (unpaired) electrons. The van der Waals surface area contributed by atoms with Crippen LogP contribution in [-0.2, 0) is 4.79 Å². The van der Waals surface area contributed by atoms with Crippen LogP contribution < -0.4 is 10.6 Å². The fourth-order valence-electron chi connectivity index (χ4n) is 2.93. The lowest BCUT2D eigenvalue weighted by molar-refractivity contribution is -0.124. The Labute approximate surface area is 98.4 Å². The van der Waals surface area contributed by atoms with Gasteiger partial charge >= 0.3 is 0 Å². The van der Waals surface area contributed by atoms with Crippen molar-refractivity contribution < 1.29 is 4.79 Å². The Bertz CT molecular complexity index is 236. The first-order valence-electron chi connectivity index (χ1n) is 6.78. The molecule has 0 aromatic heterocycles. The van der Waals surface area contributed by atoms with Crippen LogP contribution in [0.15, 0.2) is 0 Å². The number of amides is 1. The molecule has 1 amide bonds. The minimum absolute atomic E-state index is 0.289. The SMILES string of the molecule is CC1CCCNC1CNC(=O)C1CCCC1. The third-order valence-electron chi connectivity index (χ3n) is 4.15. The highest BCUT2D eigenvalue weighted by molar-refractivity contribution is 5.78. The molecule has 2 fully saturated rings. The minimum atomic E-state index is 0.289. The van der Waals surface area contributed by atoms with E-state index in [1.807, 2.05) is 0 Å². The van der Waals surface area contributed by atoms with Crippen LogP contribution in [0.3, 0.4) is 0 Å². The number of hydrogen-bond donors (Lipinski definition) is 2. The second kappa shape index (κ2) is 5.67. The maximum Gasteiger partial charge on any atom is 0.223 e. The second-order valence-corrected chi connectivity index (χ2v) is 5.41. The maximum atomic E-state index is 11.9. The smallest absolute Gasteiger partial charge is 0.223 e. The van der Waals surface area contributed by atoms with E-state index in [0.717, 1.165) is 25.9 Å². The Morgan fingerprint density at radius 1 is 1.25 bits per heavy atom. The highest BCUT2D eigenvalue weighted by atomic mass is 16.1. The Morgan fingerprint density at radius 2 is 2.00 bits per heavy atom. The average molecular weight is 224 g/mol. The van der Waals surface area contributed by atoms with E-state index in [9.17, 15) is 4.79 Å². The maximum absolute atomic E-state index is 11.9. The van der Waals surface area contributed by atoms with Crippen LogP contribution in [-0.4, -0.2) is 25.0 Å². The van der Waals surface area contributed by atoms with Gasteiger partial charge in [0, 0.05) is 18.5 Å². The molecule has 2 unspecified atom stereocenters. The number of hydrogen-bond acceptors (Lipinski definition) is 2. The second-order valence-electron chi connectivity index (χ2n) is 5.41. The summed E-state index contributed by atoms with van der Waals surface area (Å²) in [7, 11) is 0. The molecule has 0 spiro atoms. The zero-order chi connectivity index (χ0) is 11.4. The minimum Gasteiger partial charge on any atom is -0.354 e. The van der Waals surface area contributed by atoms with Crippen LogP contribution in [0, 0.1) is 11.8 Å². The Morgan fingerprint density at radius 3 is 2.69 bits per heavy atom. The fraction of sp³-hybridized carbons (Fsp3) is 0.923. The molecule has 2 rings (SSSR count). The van der Waals surface area contributed by atoms with Crippen LogP contribution in [0.2, 0.25) is 0 Å². The molecule has 3 nitrogen and oxygen atoms in total. The lowest BCUT2D eigenvalue weighted by atomic mass is 9.92. The van der Waals surface area contributed by atoms with Gasteiger partial charge in [-0.2, -0.15) is 0 Å². The fourth-order valence-corrected chi connectivity index (χ4v) is 2.93. The standard InChI is InChI=1S/C13H24N2O/c1-10-5-4-8-14-12(10)9-15-13(16)11-6-2-3-7-11/h10-12,14H,2-9H2,1H3,(H,15,16). The van der Waals surface area contributed by atoms with Crippen molar-refractivity contribution >= 4 is 5.91 Å². The predicted octanol–water partition coefficient (Wildman–Crippen LogP) is 1.68. The molecule has 3 heteroatoms. The molecule has 1 saturated carbocycles. The highest BCUT2D eigenvalue weighted by Crippen LogP contribution is 2.24. The zero-order valence-corrected chi connectivity index (χ0v) is 10.3. The lowest BCUT2D eigenvalue weighted by Crippen LogP contribution is -2.48. The summed E-state index contributed by atoms with van der Waals surface area (Å²) in [6, 6.07) is 0.485. The van der Waals surface area contributed by atoms with Crippen LogP contribution in [0.1, 0.15) is 45.4 Å². The summed E-state index contributed by atoms with van der Waals surface area (Å²) in [4.78, 5) is 11.9. The van der Waals surface area contributed by atoms with Gasteiger partial charge in [-0.15, -0.1) is 0 Å². The van der Waals surface area contributed by atoms with Crippen LogP contribution >= 0.6 is 0 Å². The van der Waals surface area contributed by atoms with Crippen molar-refractivity contribution in [3.63, 3.8) is 0 Å². The molecule has 0 aromatic rings. The molecule has 92 valence electrons. The van der Waals surface area contributed by atoms with E-state index < -0.39 is 0 Å². The van der Waals surface area contributed by atoms with Gasteiger partial charge in [-0.05, 0) is 38.1 Å². The first-order chi connectivity index (χ1) is 7.77. The molecule has 0 aromatic carbocycles. The molecule has 2 N–H and O–H groups in total. The number of nitrogens with one attached hydrogen (secondary N) is 2. The first-order valence-corrected chi connectivity index (χ1v) is 6.78. The average Bonchev–Trinajstić information content (AvgIpc) is 2.81. The van der Waals surface area contributed by atoms with Crippen molar-refractivity contribution in [2.45, 2.75) is 51.5 Å². The zero-order valence-electron chi connectivity index (χ0n) is 10.3. The summed E-state index contributed by atoms with van der Waals surface area (Å²) in [5.74, 6) is 1.29. The van der Waals surface area contributed by atoms with Gasteiger partial charge in [0.1, 0.15) is 0 Å². The molecule has 1 saturated heterocycles. The van der Waals surface area contributed by atoms with Gasteiger partial charge in [-0.3, -0.25) is 4.79 Å². The first kappa shape index (κ1) is 11.9. The third kappa shape index (κ3) is 2.97. The Balaban J connectivity index is 1.71. The summed E-state index contributed by atoms with van der Waals surface area (Å²) in [5, 5.41) is 6.62. The van der Waals surface area contributed by atoms with Crippen molar-refractivity contribution in [1.82, 2.24) is 10.6 Å². The molecule has 2 atom stereocenters. The van der Waals surface area contributed by atoms with Gasteiger partial charge in [0.2, 0.25) is 5.91 Å². The van der Waals surface area contributed by atoms with Gasteiger partial charge in [0.05, 0.1) is 0 Å². The van der Waals surface area contributed by atoms with Gasteiger partial charge in [-0.1, -0.05) is 19.8 Å². The van der Waals surface area contributed by atoms with Crippen LogP contribution in [0.5, 0.6) is 0 Å². The van der Waals surface area contributed by atoms with Crippen LogP contribution in [0.25, 0.3) is 0 Å². The van der Waals surface area contributed by atoms with Crippen molar-refractivity contribution in [3.8, 4) is 0 Å². The van der Waals surface area contributed by atoms with Crippen LogP contribution in [0.4, 0.5) is 0 Å². The Kier molecular flexibility index (Phi) is 4.22. The van der Waals surface area contributed by atoms with Crippen molar-refractivity contribution in [3.05, 3.63) is 0 Å². The van der Waals surface area contributed by atoms with E-state index in [0.29, 0.717) is 17.9 Å². The third-order valence-corrected chi connectivity index (χ3v) is 4.15. The molecule has 16 heavy (non-hydrogen) atoms. The van der Waals surface area contributed by atoms with E-state index in [-0.39, 0.29) is 5.91 Å². The van der Waals surface area contributed by atoms with E-state index in [4.69, 9.17) is 0 Å². The molecule has 1 aliphatic carbocycles. The molecule has 2 aliphatic rings. The molecule has 1 heterocycles. The molecule has 1 aliphatic heterocycles.